The molecule has 6 heteroatoms. The summed E-state index contributed by atoms with van der Waals surface area (Å²) in [6.07, 6.45) is 10.4. The SMILES string of the molecule is CC.Cn1ccc2ccn(-c3cc(N[C@@H]4CCCc5ccccc54)cc4nccnc34)c(=O)c21. The van der Waals surface area contributed by atoms with Crippen molar-refractivity contribution in [3.05, 3.63) is 94.8 Å². The van der Waals surface area contributed by atoms with Gasteiger partial charge < -0.3 is 9.88 Å². The summed E-state index contributed by atoms with van der Waals surface area (Å²) in [6, 6.07) is 16.8. The van der Waals surface area contributed by atoms with E-state index >= 15 is 0 Å². The monoisotopic (exact) mass is 451 g/mol. The van der Waals surface area contributed by atoms with Gasteiger partial charge in [0.05, 0.1) is 17.2 Å². The number of fused-ring (bicyclic) bond motifs is 3. The van der Waals surface area contributed by atoms with Crippen molar-refractivity contribution in [3.63, 3.8) is 0 Å². The highest BCUT2D eigenvalue weighted by Gasteiger charge is 2.20. The van der Waals surface area contributed by atoms with E-state index in [0.29, 0.717) is 11.0 Å². The van der Waals surface area contributed by atoms with Crippen molar-refractivity contribution in [1.82, 2.24) is 19.1 Å². The molecule has 3 aromatic heterocycles. The zero-order valence-electron chi connectivity index (χ0n) is 19.8. The summed E-state index contributed by atoms with van der Waals surface area (Å²) in [5.74, 6) is 0. The number of nitrogens with zero attached hydrogens (tertiary/aromatic N) is 4. The molecule has 3 heterocycles. The van der Waals surface area contributed by atoms with Crippen molar-refractivity contribution in [2.24, 2.45) is 7.05 Å². The van der Waals surface area contributed by atoms with Crippen LogP contribution >= 0.6 is 0 Å². The summed E-state index contributed by atoms with van der Waals surface area (Å²) in [5.41, 5.74) is 6.49. The van der Waals surface area contributed by atoms with E-state index in [2.05, 4.69) is 39.6 Å². The molecule has 6 nitrogen and oxygen atoms in total. The lowest BCUT2D eigenvalue weighted by molar-refractivity contribution is 0.600. The first kappa shape index (κ1) is 21.9. The molecule has 1 aliphatic carbocycles. The molecule has 0 radical (unpaired) electrons. The number of aromatic nitrogens is 4. The minimum atomic E-state index is -0.0675. The van der Waals surface area contributed by atoms with Gasteiger partial charge in [0.1, 0.15) is 11.0 Å². The van der Waals surface area contributed by atoms with Gasteiger partial charge in [-0.05, 0) is 54.7 Å². The van der Waals surface area contributed by atoms with Gasteiger partial charge in [0.2, 0.25) is 0 Å². The lowest BCUT2D eigenvalue weighted by Crippen LogP contribution is -2.21. The fourth-order valence-electron chi connectivity index (χ4n) is 4.91. The Hall–Kier alpha value is -3.93. The molecule has 172 valence electrons. The predicted octanol–water partition coefficient (Wildman–Crippen LogP) is 5.79. The number of anilines is 1. The van der Waals surface area contributed by atoms with Gasteiger partial charge in [-0.1, -0.05) is 38.1 Å². The fraction of sp³-hybridized carbons (Fsp3) is 0.250. The Morgan fingerprint density at radius 2 is 1.79 bits per heavy atom. The van der Waals surface area contributed by atoms with Crippen LogP contribution in [0.1, 0.15) is 43.9 Å². The summed E-state index contributed by atoms with van der Waals surface area (Å²) >= 11 is 0. The van der Waals surface area contributed by atoms with Gasteiger partial charge in [-0.25, -0.2) is 0 Å². The highest BCUT2D eigenvalue weighted by Crippen LogP contribution is 2.34. The first-order chi connectivity index (χ1) is 16.7. The zero-order valence-corrected chi connectivity index (χ0v) is 19.8. The number of pyridine rings is 1. The Balaban J connectivity index is 0.00000117. The van der Waals surface area contributed by atoms with Crippen LogP contribution in [-0.4, -0.2) is 19.1 Å². The van der Waals surface area contributed by atoms with Gasteiger partial charge in [-0.2, -0.15) is 0 Å². The normalized spacial score (nSPS) is 15.0. The van der Waals surface area contributed by atoms with Crippen LogP contribution in [-0.2, 0) is 13.5 Å². The first-order valence-corrected chi connectivity index (χ1v) is 12.0. The molecule has 0 aliphatic heterocycles. The summed E-state index contributed by atoms with van der Waals surface area (Å²) < 4.78 is 3.54. The maximum atomic E-state index is 13.4. The number of hydrogen-bond acceptors (Lipinski definition) is 4. The van der Waals surface area contributed by atoms with E-state index in [1.165, 1.54) is 11.1 Å². The van der Waals surface area contributed by atoms with Crippen molar-refractivity contribution >= 4 is 27.6 Å². The highest BCUT2D eigenvalue weighted by atomic mass is 16.1. The van der Waals surface area contributed by atoms with E-state index in [1.54, 1.807) is 17.0 Å². The van der Waals surface area contributed by atoms with E-state index < -0.39 is 0 Å². The maximum Gasteiger partial charge on any atom is 0.279 e. The second-order valence-corrected chi connectivity index (χ2v) is 8.43. The molecule has 0 saturated carbocycles. The average Bonchev–Trinajstić information content (AvgIpc) is 3.27. The van der Waals surface area contributed by atoms with Crippen molar-refractivity contribution in [2.45, 2.75) is 39.2 Å². The van der Waals surface area contributed by atoms with Crippen molar-refractivity contribution in [1.29, 1.82) is 0 Å². The van der Waals surface area contributed by atoms with E-state index in [1.807, 2.05) is 62.1 Å². The minimum absolute atomic E-state index is 0.0675. The fourth-order valence-corrected chi connectivity index (χ4v) is 4.91. The number of rotatable bonds is 3. The molecule has 1 atom stereocenters. The van der Waals surface area contributed by atoms with Crippen molar-refractivity contribution in [2.75, 3.05) is 5.32 Å². The van der Waals surface area contributed by atoms with Crippen LogP contribution in [0.25, 0.3) is 27.6 Å². The smallest absolute Gasteiger partial charge is 0.279 e. The number of hydrogen-bond donors (Lipinski definition) is 1. The number of benzene rings is 2. The summed E-state index contributed by atoms with van der Waals surface area (Å²) in [5, 5.41) is 4.64. The Kier molecular flexibility index (Phi) is 5.88. The Morgan fingerprint density at radius 1 is 1.00 bits per heavy atom. The standard InChI is InChI=1S/C26H23N5O.C2H6/c1-30-13-9-18-10-14-31(26(32)25(18)30)23-16-19(15-22-24(23)28-12-11-27-22)29-21-8-4-6-17-5-2-3-7-20(17)21;1-2/h2-3,5,7,9-16,21,29H,4,6,8H2,1H3;1-2H3/t21-;/m1./s1. The third-order valence-corrected chi connectivity index (χ3v) is 6.45. The highest BCUT2D eigenvalue weighted by molar-refractivity contribution is 5.88. The zero-order chi connectivity index (χ0) is 23.7. The molecule has 1 aliphatic rings. The minimum Gasteiger partial charge on any atom is -0.378 e. The molecule has 0 saturated heterocycles. The quantitative estimate of drug-likeness (QED) is 0.377. The maximum absolute atomic E-state index is 13.4. The van der Waals surface area contributed by atoms with Gasteiger partial charge >= 0.3 is 0 Å². The van der Waals surface area contributed by atoms with E-state index in [9.17, 15) is 4.79 Å². The van der Waals surface area contributed by atoms with Crippen LogP contribution in [0, 0.1) is 0 Å². The van der Waals surface area contributed by atoms with E-state index in [4.69, 9.17) is 0 Å². The second kappa shape index (κ2) is 9.14. The van der Waals surface area contributed by atoms with E-state index in [-0.39, 0.29) is 11.6 Å². The molecule has 6 rings (SSSR count). The molecule has 34 heavy (non-hydrogen) atoms. The van der Waals surface area contributed by atoms with Crippen LogP contribution in [0.4, 0.5) is 5.69 Å². The molecule has 5 aromatic rings. The lowest BCUT2D eigenvalue weighted by atomic mass is 9.87. The van der Waals surface area contributed by atoms with Crippen molar-refractivity contribution < 1.29 is 0 Å². The van der Waals surface area contributed by atoms with Gasteiger partial charge in [0, 0.05) is 42.9 Å². The lowest BCUT2D eigenvalue weighted by Gasteiger charge is -2.27. The van der Waals surface area contributed by atoms with Gasteiger partial charge in [0.15, 0.2) is 0 Å². The second-order valence-electron chi connectivity index (χ2n) is 8.43. The largest absolute Gasteiger partial charge is 0.378 e. The Labute approximate surface area is 198 Å². The van der Waals surface area contributed by atoms with Crippen LogP contribution < -0.4 is 10.9 Å². The van der Waals surface area contributed by atoms with Gasteiger partial charge in [-0.3, -0.25) is 19.3 Å². The first-order valence-electron chi connectivity index (χ1n) is 12.0. The molecule has 1 N–H and O–H groups in total. The average molecular weight is 452 g/mol. The van der Waals surface area contributed by atoms with E-state index in [0.717, 1.165) is 41.5 Å². The molecule has 0 amide bonds. The van der Waals surface area contributed by atoms with Gasteiger partial charge in [0.25, 0.3) is 5.56 Å². The molecular formula is C28H29N5O. The molecule has 0 fully saturated rings. The summed E-state index contributed by atoms with van der Waals surface area (Å²) in [4.78, 5) is 22.5. The third kappa shape index (κ3) is 3.75. The number of aryl methyl sites for hydroxylation is 2. The number of nitrogens with one attached hydrogen (secondary N) is 1. The third-order valence-electron chi connectivity index (χ3n) is 6.45. The molecule has 0 unspecified atom stereocenters. The Morgan fingerprint density at radius 3 is 2.68 bits per heavy atom. The van der Waals surface area contributed by atoms with Crippen LogP contribution in [0.5, 0.6) is 0 Å². The van der Waals surface area contributed by atoms with Crippen LogP contribution in [0.2, 0.25) is 0 Å². The summed E-state index contributed by atoms with van der Waals surface area (Å²) in [7, 11) is 1.89. The summed E-state index contributed by atoms with van der Waals surface area (Å²) in [6.45, 7) is 4.00. The molecule has 0 bridgehead atoms. The van der Waals surface area contributed by atoms with Crippen LogP contribution in [0.15, 0.2) is 78.1 Å². The predicted molar refractivity (Wildman–Crippen MR) is 139 cm³/mol. The molecule has 0 spiro atoms. The van der Waals surface area contributed by atoms with Crippen LogP contribution in [0.3, 0.4) is 0 Å². The van der Waals surface area contributed by atoms with Gasteiger partial charge in [-0.15, -0.1) is 0 Å². The van der Waals surface area contributed by atoms with Crippen molar-refractivity contribution in [3.8, 4) is 5.69 Å². The molecule has 2 aromatic carbocycles. The molecular weight excluding hydrogens is 422 g/mol. The topological polar surface area (TPSA) is 64.7 Å². The Bertz CT molecular complexity index is 1530.